The van der Waals surface area contributed by atoms with Crippen LogP contribution < -0.4 is 21.3 Å². The van der Waals surface area contributed by atoms with Crippen LogP contribution in [0.4, 0.5) is 28.8 Å². The van der Waals surface area contributed by atoms with Gasteiger partial charge in [0.05, 0.1) is 24.4 Å². The molecule has 0 spiro atoms. The maximum absolute atomic E-state index is 10.7. The highest BCUT2D eigenvalue weighted by Gasteiger charge is 2.44. The highest BCUT2D eigenvalue weighted by atomic mass is 16.6. The van der Waals surface area contributed by atoms with E-state index in [1.807, 2.05) is 42.2 Å². The monoisotopic (exact) mass is 464 g/mol. The number of nitrogens with zero attached hydrogens (tertiary/aromatic N) is 5. The molecule has 0 saturated carbocycles. The third-order valence-corrected chi connectivity index (χ3v) is 6.16. The van der Waals surface area contributed by atoms with Gasteiger partial charge < -0.3 is 30.4 Å². The zero-order valence-electron chi connectivity index (χ0n) is 18.3. The summed E-state index contributed by atoms with van der Waals surface area (Å²) in [7, 11) is 0. The average molecular weight is 464 g/mol. The van der Waals surface area contributed by atoms with Crippen LogP contribution in [-0.2, 0) is 4.74 Å². The Hall–Kier alpha value is -3.71. The van der Waals surface area contributed by atoms with E-state index < -0.39 is 24.5 Å². The summed E-state index contributed by atoms with van der Waals surface area (Å²) in [6.07, 6.45) is -0.994. The lowest BCUT2D eigenvalue weighted by molar-refractivity contribution is -0.0340. The predicted octanol–water partition coefficient (Wildman–Crippen LogP) is 1.37. The lowest BCUT2D eigenvalue weighted by Crippen LogP contribution is -2.41. The summed E-state index contributed by atoms with van der Waals surface area (Å²) in [5.41, 5.74) is 9.52. The van der Waals surface area contributed by atoms with Crippen molar-refractivity contribution in [2.45, 2.75) is 31.5 Å². The molecule has 0 radical (unpaired) electrons. The number of nitrogen functional groups attached to an aromatic ring is 1. The highest BCUT2D eigenvalue weighted by molar-refractivity contribution is 5.89. The number of rotatable bonds is 5. The normalized spacial score (nSPS) is 23.7. The molecule has 0 aliphatic carbocycles. The van der Waals surface area contributed by atoms with E-state index in [1.165, 1.54) is 12.7 Å². The molecule has 12 nitrogen and oxygen atoms in total. The molecule has 176 valence electrons. The third-order valence-electron chi connectivity index (χ3n) is 6.16. The minimum absolute atomic E-state index is 0.235. The lowest BCUT2D eigenvalue weighted by atomic mass is 10.1. The molecule has 5 heterocycles. The van der Waals surface area contributed by atoms with E-state index in [1.54, 1.807) is 4.57 Å². The minimum atomic E-state index is -1.17. The summed E-state index contributed by atoms with van der Waals surface area (Å²) in [4.78, 5) is 14.4. The Morgan fingerprint density at radius 2 is 2.00 bits per heavy atom. The molecule has 4 atom stereocenters. The summed E-state index contributed by atoms with van der Waals surface area (Å²) >= 11 is 0. The summed E-state index contributed by atoms with van der Waals surface area (Å²) in [5, 5.41) is 28.1. The number of nitrogens with one attached hydrogen (secondary N) is 2. The molecule has 3 aromatic heterocycles. The van der Waals surface area contributed by atoms with E-state index in [0.29, 0.717) is 30.3 Å². The maximum Gasteiger partial charge on any atom is 0.225 e. The Morgan fingerprint density at radius 3 is 2.88 bits per heavy atom. The van der Waals surface area contributed by atoms with Crippen molar-refractivity contribution in [1.82, 2.24) is 24.8 Å². The van der Waals surface area contributed by atoms with Crippen molar-refractivity contribution in [3.8, 4) is 0 Å². The van der Waals surface area contributed by atoms with Crippen LogP contribution in [0, 0.1) is 6.92 Å². The number of nitrogens with two attached hydrogens (primary N) is 1. The molecule has 12 heteroatoms. The maximum atomic E-state index is 10.7. The van der Waals surface area contributed by atoms with Gasteiger partial charge in [-0.15, -0.1) is 0 Å². The minimum Gasteiger partial charge on any atom is -0.443 e. The fourth-order valence-electron chi connectivity index (χ4n) is 4.52. The molecular weight excluding hydrogens is 440 g/mol. The molecule has 4 unspecified atom stereocenters. The topological polar surface area (TPSA) is 160 Å². The van der Waals surface area contributed by atoms with Gasteiger partial charge in [-0.2, -0.15) is 0 Å². The van der Waals surface area contributed by atoms with Gasteiger partial charge in [0.15, 0.2) is 17.7 Å². The molecule has 4 aromatic rings. The van der Waals surface area contributed by atoms with E-state index in [4.69, 9.17) is 14.9 Å². The number of fused-ring (bicyclic) bond motifs is 3. The van der Waals surface area contributed by atoms with E-state index in [2.05, 4.69) is 25.6 Å². The molecule has 6 rings (SSSR count). The number of anilines is 5. The zero-order valence-corrected chi connectivity index (χ0v) is 18.3. The van der Waals surface area contributed by atoms with Gasteiger partial charge in [0, 0.05) is 12.6 Å². The summed E-state index contributed by atoms with van der Waals surface area (Å²) < 4.78 is 13.5. The van der Waals surface area contributed by atoms with Gasteiger partial charge in [0.1, 0.15) is 41.6 Å². The van der Waals surface area contributed by atoms with Crippen molar-refractivity contribution in [2.75, 3.05) is 29.2 Å². The van der Waals surface area contributed by atoms with Gasteiger partial charge in [-0.3, -0.25) is 14.8 Å². The first-order valence-corrected chi connectivity index (χ1v) is 10.9. The van der Waals surface area contributed by atoms with Crippen molar-refractivity contribution >= 4 is 39.9 Å². The molecule has 1 aromatic carbocycles. The number of aliphatic hydroxyl groups is 2. The molecule has 2 aliphatic heterocycles. The number of hydrogen-bond donors (Lipinski definition) is 5. The molecule has 1 saturated heterocycles. The number of benzene rings is 1. The quantitative estimate of drug-likeness (QED) is 0.290. The average Bonchev–Trinajstić information content (AvgIpc) is 3.50. The van der Waals surface area contributed by atoms with Gasteiger partial charge >= 0.3 is 0 Å². The molecule has 6 N–H and O–H groups in total. The summed E-state index contributed by atoms with van der Waals surface area (Å²) in [5.74, 6) is 1.74. The first-order valence-electron chi connectivity index (χ1n) is 10.9. The van der Waals surface area contributed by atoms with Crippen LogP contribution in [0.1, 0.15) is 12.0 Å². The molecular formula is C22H24N8O4. The van der Waals surface area contributed by atoms with Crippen LogP contribution >= 0.6 is 0 Å². The summed E-state index contributed by atoms with van der Waals surface area (Å²) in [6, 6.07) is 9.89. The van der Waals surface area contributed by atoms with E-state index in [0.717, 1.165) is 22.8 Å². The molecule has 0 bridgehead atoms. The second-order valence-corrected chi connectivity index (χ2v) is 8.39. The Labute approximate surface area is 194 Å². The first kappa shape index (κ1) is 20.9. The van der Waals surface area contributed by atoms with Crippen molar-refractivity contribution in [2.24, 2.45) is 0 Å². The van der Waals surface area contributed by atoms with Gasteiger partial charge in [-0.1, -0.05) is 12.1 Å². The van der Waals surface area contributed by atoms with Crippen LogP contribution in [0.25, 0.3) is 11.2 Å². The Balaban J connectivity index is 1.18. The Morgan fingerprint density at radius 1 is 1.15 bits per heavy atom. The molecule has 2 aliphatic rings. The SMILES string of the molecule is Cc1cc2c(o1)N(CNCC1OC(n3cnc4c(N)ncnc43)C(O)C1O)c1ccccc1N2. The standard InChI is InChI=1S/C22H24N8O4/c1-11-6-13-21(33-11)29(14-5-3-2-4-12(14)28-13)9-24-7-15-17(31)18(32)22(34-15)30-10-27-16-19(23)25-8-26-20(16)30/h2-6,8,10,15,17-18,22,24,28,31-32H,7,9H2,1H3,(H2,23,25,26). The zero-order chi connectivity index (χ0) is 23.4. The number of aryl methyl sites for hydroxylation is 1. The van der Waals surface area contributed by atoms with Crippen LogP contribution in [-0.4, -0.2) is 61.3 Å². The Kier molecular flexibility index (Phi) is 4.88. The van der Waals surface area contributed by atoms with Crippen molar-refractivity contribution in [3.63, 3.8) is 0 Å². The van der Waals surface area contributed by atoms with Gasteiger partial charge in [-0.25, -0.2) is 15.0 Å². The second-order valence-electron chi connectivity index (χ2n) is 8.39. The number of furan rings is 1. The van der Waals surface area contributed by atoms with Gasteiger partial charge in [0.2, 0.25) is 5.88 Å². The third kappa shape index (κ3) is 3.27. The molecule has 1 fully saturated rings. The first-order chi connectivity index (χ1) is 16.5. The fourth-order valence-corrected chi connectivity index (χ4v) is 4.52. The van der Waals surface area contributed by atoms with Crippen LogP contribution in [0.5, 0.6) is 0 Å². The number of ether oxygens (including phenoxy) is 1. The second kappa shape index (κ2) is 7.95. The van der Waals surface area contributed by atoms with Crippen molar-refractivity contribution in [1.29, 1.82) is 0 Å². The molecule has 34 heavy (non-hydrogen) atoms. The van der Waals surface area contributed by atoms with Crippen molar-refractivity contribution in [3.05, 3.63) is 48.7 Å². The lowest BCUT2D eigenvalue weighted by Gasteiger charge is -2.30. The van der Waals surface area contributed by atoms with Crippen LogP contribution in [0.3, 0.4) is 0 Å². The van der Waals surface area contributed by atoms with E-state index in [9.17, 15) is 10.2 Å². The fraction of sp³-hybridized carbons (Fsp3) is 0.318. The summed E-state index contributed by atoms with van der Waals surface area (Å²) in [6.45, 7) is 2.60. The number of aromatic nitrogens is 4. The molecule has 0 amide bonds. The number of imidazole rings is 1. The van der Waals surface area contributed by atoms with Gasteiger partial charge in [0.25, 0.3) is 0 Å². The van der Waals surface area contributed by atoms with Crippen molar-refractivity contribution < 1.29 is 19.4 Å². The predicted molar refractivity (Wildman–Crippen MR) is 124 cm³/mol. The number of para-hydroxylation sites is 2. The van der Waals surface area contributed by atoms with E-state index in [-0.39, 0.29) is 5.82 Å². The Bertz CT molecular complexity index is 1350. The number of hydrogen-bond acceptors (Lipinski definition) is 11. The smallest absolute Gasteiger partial charge is 0.225 e. The van der Waals surface area contributed by atoms with Crippen LogP contribution in [0.2, 0.25) is 0 Å². The van der Waals surface area contributed by atoms with Crippen LogP contribution in [0.15, 0.2) is 47.4 Å². The largest absolute Gasteiger partial charge is 0.443 e. The highest BCUT2D eigenvalue weighted by Crippen LogP contribution is 2.44. The van der Waals surface area contributed by atoms with E-state index >= 15 is 0 Å². The van der Waals surface area contributed by atoms with Gasteiger partial charge in [-0.05, 0) is 19.1 Å². The number of aliphatic hydroxyl groups excluding tert-OH is 2.